The van der Waals surface area contributed by atoms with Gasteiger partial charge in [0, 0.05) is 17.5 Å². The maximum Gasteiger partial charge on any atom is 0.289 e. The van der Waals surface area contributed by atoms with Gasteiger partial charge < -0.3 is 10.3 Å². The predicted molar refractivity (Wildman–Crippen MR) is 102 cm³/mol. The summed E-state index contributed by atoms with van der Waals surface area (Å²) < 4.78 is 23.5. The highest BCUT2D eigenvalue weighted by atomic mass is 79.9. The average molecular weight is 499 g/mol. The van der Waals surface area contributed by atoms with Gasteiger partial charge in [0.05, 0.1) is 6.33 Å². The van der Waals surface area contributed by atoms with E-state index in [1.165, 1.54) is 30.6 Å². The minimum Gasteiger partial charge on any atom is -0.340 e. The van der Waals surface area contributed by atoms with Crippen LogP contribution in [0, 0.1) is 15.9 Å². The van der Waals surface area contributed by atoms with Gasteiger partial charge in [-0.15, -0.1) is 4.48 Å². The van der Waals surface area contributed by atoms with Crippen molar-refractivity contribution in [3.8, 4) is 0 Å². The maximum atomic E-state index is 13.6. The molecule has 0 saturated carbocycles. The third-order valence-corrected chi connectivity index (χ3v) is 6.65. The zero-order valence-electron chi connectivity index (χ0n) is 12.8. The van der Waals surface area contributed by atoms with E-state index < -0.39 is 17.9 Å². The Hall–Kier alpha value is -1.74. The summed E-state index contributed by atoms with van der Waals surface area (Å²) in [4.78, 5) is 26.0. The second-order valence-electron chi connectivity index (χ2n) is 4.74. The zero-order chi connectivity index (χ0) is 19.6. The third kappa shape index (κ3) is 4.76. The van der Waals surface area contributed by atoms with Crippen molar-refractivity contribution in [1.29, 1.82) is 0 Å². The molecule has 3 aromatic rings. The van der Waals surface area contributed by atoms with Crippen LogP contribution < -0.4 is 5.32 Å². The van der Waals surface area contributed by atoms with E-state index in [0.29, 0.717) is 23.0 Å². The summed E-state index contributed by atoms with van der Waals surface area (Å²) in [6.07, 6.45) is 1.37. The highest BCUT2D eigenvalue weighted by molar-refractivity contribution is 9.13. The van der Waals surface area contributed by atoms with E-state index in [4.69, 9.17) is 11.8 Å². The summed E-state index contributed by atoms with van der Waals surface area (Å²) in [7, 11) is 0. The standard InChI is InChI=1S/C12H7BrClF2N7O2S2/c13-12(22(14)16,27-23(24)25)26-11-20-9-8(17-5-18-9)10(21-11)19-7-3-1-6(15)2-4-7/h1-5H,(H2,17,18,19,20,21). The predicted octanol–water partition coefficient (Wildman–Crippen LogP) is 4.60. The second kappa shape index (κ2) is 8.10. The molecule has 0 amide bonds. The largest absolute Gasteiger partial charge is 0.340 e. The topological polar surface area (TPSA) is 113 Å². The first-order valence-electron chi connectivity index (χ1n) is 6.84. The smallest absolute Gasteiger partial charge is 0.289 e. The molecule has 0 fully saturated rings. The highest BCUT2D eigenvalue weighted by Crippen LogP contribution is 2.50. The molecule has 0 radical (unpaired) electrons. The number of nitrogens with zero attached hydrogens (tertiary/aromatic N) is 5. The Bertz CT molecular complexity index is 980. The summed E-state index contributed by atoms with van der Waals surface area (Å²) in [5, 5.41) is 13.7. The van der Waals surface area contributed by atoms with Gasteiger partial charge in [0.2, 0.25) is 0 Å². The van der Waals surface area contributed by atoms with Crippen molar-refractivity contribution in [2.24, 2.45) is 0 Å². The highest BCUT2D eigenvalue weighted by Gasteiger charge is 2.46. The summed E-state index contributed by atoms with van der Waals surface area (Å²) in [5.74, 6) is -0.148. The van der Waals surface area contributed by atoms with Gasteiger partial charge in [0.25, 0.3) is 15.1 Å². The molecule has 0 bridgehead atoms. The van der Waals surface area contributed by atoms with Crippen molar-refractivity contribution in [2.45, 2.75) is 8.27 Å². The fourth-order valence-electron chi connectivity index (χ4n) is 1.91. The first-order chi connectivity index (χ1) is 12.8. The van der Waals surface area contributed by atoms with Crippen LogP contribution in [0.1, 0.15) is 0 Å². The number of hydrogen-bond donors (Lipinski definition) is 2. The van der Waals surface area contributed by atoms with Crippen LogP contribution in [0.4, 0.5) is 20.4 Å². The molecule has 1 unspecified atom stereocenters. The van der Waals surface area contributed by atoms with Crippen LogP contribution in [0.5, 0.6) is 0 Å². The summed E-state index contributed by atoms with van der Waals surface area (Å²) in [6.45, 7) is 0. The number of aromatic amines is 1. The van der Waals surface area contributed by atoms with Crippen molar-refractivity contribution in [2.75, 3.05) is 5.32 Å². The van der Waals surface area contributed by atoms with Crippen LogP contribution >= 0.6 is 51.4 Å². The molecular weight excluding hydrogens is 492 g/mol. The Morgan fingerprint density at radius 1 is 1.37 bits per heavy atom. The molecule has 1 aromatic carbocycles. The molecular formula is C12H7BrClF2N7O2S2. The van der Waals surface area contributed by atoms with Gasteiger partial charge in [-0.2, -0.15) is 0 Å². The Morgan fingerprint density at radius 2 is 2.07 bits per heavy atom. The van der Waals surface area contributed by atoms with E-state index in [0.717, 1.165) is 0 Å². The quantitative estimate of drug-likeness (QED) is 0.0555. The lowest BCUT2D eigenvalue weighted by Crippen LogP contribution is -2.26. The van der Waals surface area contributed by atoms with Gasteiger partial charge in [-0.25, -0.2) is 19.3 Å². The number of rotatable bonds is 7. The Balaban J connectivity index is 1.97. The number of aromatic nitrogens is 4. The number of H-pyrrole nitrogens is 1. The minimum absolute atomic E-state index is 0.0258. The van der Waals surface area contributed by atoms with Gasteiger partial charge >= 0.3 is 0 Å². The van der Waals surface area contributed by atoms with E-state index in [1.807, 2.05) is 0 Å². The lowest BCUT2D eigenvalue weighted by atomic mass is 10.3. The van der Waals surface area contributed by atoms with Crippen LogP contribution in [-0.4, -0.2) is 32.0 Å². The van der Waals surface area contributed by atoms with Gasteiger partial charge in [0.15, 0.2) is 16.6 Å². The number of benzene rings is 1. The molecule has 1 atom stereocenters. The summed E-state index contributed by atoms with van der Waals surface area (Å²) in [6, 6.07) is 5.50. The molecule has 2 heterocycles. The van der Waals surface area contributed by atoms with Crippen molar-refractivity contribution >= 4 is 74.1 Å². The number of imidazole rings is 1. The van der Waals surface area contributed by atoms with Crippen molar-refractivity contribution in [1.82, 2.24) is 24.6 Å². The van der Waals surface area contributed by atoms with E-state index in [2.05, 4.69) is 41.2 Å². The van der Waals surface area contributed by atoms with Crippen LogP contribution in [0.25, 0.3) is 11.2 Å². The average Bonchev–Trinajstić information content (AvgIpc) is 3.04. The van der Waals surface area contributed by atoms with Crippen LogP contribution in [0.3, 0.4) is 0 Å². The fraction of sp³-hybridized carbons (Fsp3) is 0.0833. The molecule has 15 heteroatoms. The zero-order valence-corrected chi connectivity index (χ0v) is 16.7. The Labute approximate surface area is 171 Å². The molecule has 0 aliphatic heterocycles. The SMILES string of the molecule is O=[N+]([O-])SC(Br)(Sc1nc(Nc2ccc(F)cc2)c2[nH]cnc2n1)N(F)Cl. The molecule has 0 aliphatic carbocycles. The van der Waals surface area contributed by atoms with Gasteiger partial charge in [-0.3, -0.25) is 10.1 Å². The number of halogens is 4. The molecule has 0 saturated heterocycles. The molecule has 2 aromatic heterocycles. The van der Waals surface area contributed by atoms with E-state index in [-0.39, 0.29) is 28.6 Å². The van der Waals surface area contributed by atoms with E-state index in [1.54, 1.807) is 0 Å². The normalized spacial score (nSPS) is 13.7. The van der Waals surface area contributed by atoms with Crippen molar-refractivity contribution in [3.63, 3.8) is 0 Å². The van der Waals surface area contributed by atoms with Crippen molar-refractivity contribution < 1.29 is 13.2 Å². The molecule has 0 spiro atoms. The lowest BCUT2D eigenvalue weighted by Gasteiger charge is -2.20. The van der Waals surface area contributed by atoms with E-state index in [9.17, 15) is 19.0 Å². The molecule has 3 rings (SSSR count). The first kappa shape index (κ1) is 20.0. The fourth-order valence-corrected chi connectivity index (χ4v) is 4.26. The Morgan fingerprint density at radius 3 is 2.70 bits per heavy atom. The van der Waals surface area contributed by atoms with Crippen molar-refractivity contribution in [3.05, 3.63) is 46.5 Å². The maximum absolute atomic E-state index is 13.6. The number of thioether (sulfide) groups is 1. The monoisotopic (exact) mass is 497 g/mol. The van der Waals surface area contributed by atoms with Crippen LogP contribution in [-0.2, 0) is 0 Å². The second-order valence-corrected chi connectivity index (χ2v) is 9.73. The van der Waals surface area contributed by atoms with Gasteiger partial charge in [-0.1, -0.05) is 0 Å². The summed E-state index contributed by atoms with van der Waals surface area (Å²) in [5.41, 5.74) is 1.20. The number of fused-ring (bicyclic) bond motifs is 1. The minimum atomic E-state index is -2.02. The number of nitro groups is 1. The number of anilines is 2. The Kier molecular flexibility index (Phi) is 6.00. The number of hydrogen-bond acceptors (Lipinski definition) is 9. The molecule has 142 valence electrons. The van der Waals surface area contributed by atoms with Gasteiger partial charge in [-0.05, 0) is 56.6 Å². The molecule has 27 heavy (non-hydrogen) atoms. The van der Waals surface area contributed by atoms with E-state index >= 15 is 0 Å². The molecule has 2 N–H and O–H groups in total. The molecule has 9 nitrogen and oxygen atoms in total. The number of alkyl halides is 1. The van der Waals surface area contributed by atoms with Crippen LogP contribution in [0.2, 0.25) is 0 Å². The van der Waals surface area contributed by atoms with Gasteiger partial charge in [0.1, 0.15) is 15.7 Å². The lowest BCUT2D eigenvalue weighted by molar-refractivity contribution is -0.286. The molecule has 0 aliphatic rings. The third-order valence-electron chi connectivity index (χ3n) is 2.98. The number of nitrogens with one attached hydrogen (secondary N) is 2. The summed E-state index contributed by atoms with van der Waals surface area (Å²) >= 11 is 8.71. The van der Waals surface area contributed by atoms with Crippen LogP contribution in [0.15, 0.2) is 35.7 Å². The first-order valence-corrected chi connectivity index (χ1v) is 9.56.